The summed E-state index contributed by atoms with van der Waals surface area (Å²) in [5, 5.41) is 3.42. The molecule has 4 fully saturated rings. The first-order valence-corrected chi connectivity index (χ1v) is 10.3. The van der Waals surface area contributed by atoms with E-state index in [9.17, 15) is 9.59 Å². The van der Waals surface area contributed by atoms with Gasteiger partial charge in [0.2, 0.25) is 5.89 Å². The maximum Gasteiger partial charge on any atom is 0.360 e. The molecule has 0 aromatic carbocycles. The molecule has 7 heteroatoms. The average Bonchev–Trinajstić information content (AvgIpc) is 3.05. The van der Waals surface area contributed by atoms with Gasteiger partial charge in [-0.25, -0.2) is 14.6 Å². The van der Waals surface area contributed by atoms with Gasteiger partial charge < -0.3 is 19.4 Å². The molecular formula is C21H31N3O4. The number of nitrogens with one attached hydrogen (secondary N) is 1. The zero-order valence-electron chi connectivity index (χ0n) is 17.3. The second kappa shape index (κ2) is 6.78. The van der Waals surface area contributed by atoms with Crippen LogP contribution in [0.2, 0.25) is 0 Å². The highest BCUT2D eigenvalue weighted by molar-refractivity contribution is 5.86. The van der Waals surface area contributed by atoms with Crippen molar-refractivity contribution in [2.75, 3.05) is 7.11 Å². The summed E-state index contributed by atoms with van der Waals surface area (Å²) in [6.45, 7) is 6.20. The van der Waals surface area contributed by atoms with Crippen molar-refractivity contribution in [3.8, 4) is 0 Å². The molecule has 4 saturated carbocycles. The van der Waals surface area contributed by atoms with Crippen LogP contribution in [0.3, 0.4) is 0 Å². The van der Waals surface area contributed by atoms with E-state index in [0.29, 0.717) is 5.89 Å². The summed E-state index contributed by atoms with van der Waals surface area (Å²) in [5.41, 5.74) is -0.345. The fourth-order valence-electron chi connectivity index (χ4n) is 5.89. The Morgan fingerprint density at radius 3 is 2.29 bits per heavy atom. The highest BCUT2D eigenvalue weighted by Gasteiger charge is 2.52. The molecule has 28 heavy (non-hydrogen) atoms. The molecule has 1 aromatic heterocycles. The van der Waals surface area contributed by atoms with Crippen LogP contribution in [0.5, 0.6) is 0 Å². The van der Waals surface area contributed by atoms with Crippen LogP contribution in [0.25, 0.3) is 0 Å². The minimum absolute atomic E-state index is 0.0525. The van der Waals surface area contributed by atoms with Gasteiger partial charge in [-0.3, -0.25) is 0 Å². The monoisotopic (exact) mass is 389 g/mol. The van der Waals surface area contributed by atoms with Gasteiger partial charge in [0, 0.05) is 11.1 Å². The number of methoxy groups -OCH3 is 1. The van der Waals surface area contributed by atoms with Gasteiger partial charge in [-0.15, -0.1) is 0 Å². The number of hydrogen-bond acceptors (Lipinski definition) is 5. The lowest BCUT2D eigenvalue weighted by Gasteiger charge is -2.57. The normalized spacial score (nSPS) is 30.9. The Morgan fingerprint density at radius 2 is 1.79 bits per heavy atom. The summed E-state index contributed by atoms with van der Waals surface area (Å²) in [6, 6.07) is -0.0766. The van der Waals surface area contributed by atoms with Gasteiger partial charge in [-0.2, -0.15) is 0 Å². The van der Waals surface area contributed by atoms with Crippen molar-refractivity contribution < 1.29 is 18.7 Å². The molecule has 7 nitrogen and oxygen atoms in total. The molecule has 0 saturated heterocycles. The Kier molecular flexibility index (Phi) is 4.67. The molecule has 1 heterocycles. The third kappa shape index (κ3) is 3.63. The van der Waals surface area contributed by atoms with Crippen molar-refractivity contribution in [2.45, 2.75) is 76.9 Å². The predicted octanol–water partition coefficient (Wildman–Crippen LogP) is 3.74. The number of urea groups is 1. The van der Waals surface area contributed by atoms with Crippen LogP contribution in [0.1, 0.15) is 75.7 Å². The first kappa shape index (κ1) is 19.3. The van der Waals surface area contributed by atoms with Gasteiger partial charge in [0.05, 0.1) is 13.7 Å². The molecule has 1 N–H and O–H groups in total. The van der Waals surface area contributed by atoms with E-state index in [1.54, 1.807) is 4.90 Å². The van der Waals surface area contributed by atoms with Crippen LogP contribution < -0.4 is 5.32 Å². The Bertz CT molecular complexity index is 729. The fraction of sp³-hybridized carbons (Fsp3) is 0.762. The van der Waals surface area contributed by atoms with Crippen LogP contribution in [0, 0.1) is 17.8 Å². The number of rotatable bonds is 4. The molecule has 154 valence electrons. The highest BCUT2D eigenvalue weighted by Crippen LogP contribution is 2.55. The van der Waals surface area contributed by atoms with Crippen molar-refractivity contribution >= 4 is 12.0 Å². The van der Waals surface area contributed by atoms with E-state index in [4.69, 9.17) is 4.42 Å². The van der Waals surface area contributed by atoms with Crippen LogP contribution >= 0.6 is 0 Å². The lowest BCUT2D eigenvalue weighted by molar-refractivity contribution is -0.0178. The van der Waals surface area contributed by atoms with Crippen LogP contribution in [0.4, 0.5) is 4.79 Å². The summed E-state index contributed by atoms with van der Waals surface area (Å²) in [5.74, 6) is 2.09. The largest absolute Gasteiger partial charge is 0.464 e. The molecule has 5 rings (SSSR count). The molecule has 0 radical (unpaired) electrons. The Labute approximate surface area is 166 Å². The minimum atomic E-state index is -0.546. The molecule has 0 spiro atoms. The number of carbonyl (C=O) groups is 2. The summed E-state index contributed by atoms with van der Waals surface area (Å²) < 4.78 is 10.1. The highest BCUT2D eigenvalue weighted by atomic mass is 16.5. The number of carbonyl (C=O) groups excluding carboxylic acids is 2. The molecule has 2 amide bonds. The number of amides is 2. The average molecular weight is 389 g/mol. The molecule has 0 atom stereocenters. The SMILES string of the molecule is COC(=O)c1coc(CN(C(=O)NC23CC4CC(CC(C4)C2)C3)C(C)(C)C)n1. The van der Waals surface area contributed by atoms with E-state index in [2.05, 4.69) is 15.0 Å². The van der Waals surface area contributed by atoms with Gasteiger partial charge >= 0.3 is 12.0 Å². The van der Waals surface area contributed by atoms with E-state index < -0.39 is 11.5 Å². The molecule has 1 aromatic rings. The molecule has 0 unspecified atom stereocenters. The van der Waals surface area contributed by atoms with E-state index in [-0.39, 0.29) is 23.8 Å². The summed E-state index contributed by atoms with van der Waals surface area (Å²) in [6.07, 6.45) is 8.61. The van der Waals surface area contributed by atoms with Gasteiger partial charge in [0.15, 0.2) is 5.69 Å². The molecule has 4 bridgehead atoms. The van der Waals surface area contributed by atoms with Gasteiger partial charge in [-0.05, 0) is 77.0 Å². The number of esters is 1. The standard InChI is InChI=1S/C21H31N3O4/c1-20(2,3)24(11-17-22-16(12-28-17)18(25)27-4)19(26)23-21-8-13-5-14(9-21)7-15(6-13)10-21/h12-15H,5-11H2,1-4H3,(H,23,26). The number of aromatic nitrogens is 1. The van der Waals surface area contributed by atoms with Crippen molar-refractivity contribution in [3.63, 3.8) is 0 Å². The summed E-state index contributed by atoms with van der Waals surface area (Å²) in [7, 11) is 1.30. The van der Waals surface area contributed by atoms with E-state index in [0.717, 1.165) is 37.0 Å². The van der Waals surface area contributed by atoms with Crippen LogP contribution in [0.15, 0.2) is 10.7 Å². The maximum absolute atomic E-state index is 13.3. The minimum Gasteiger partial charge on any atom is -0.464 e. The summed E-state index contributed by atoms with van der Waals surface area (Å²) in [4.78, 5) is 30.9. The van der Waals surface area contributed by atoms with Crippen LogP contribution in [-0.2, 0) is 11.3 Å². The second-order valence-electron chi connectivity index (χ2n) is 10.0. The van der Waals surface area contributed by atoms with Crippen molar-refractivity contribution in [2.24, 2.45) is 17.8 Å². The van der Waals surface area contributed by atoms with Gasteiger partial charge in [0.1, 0.15) is 6.26 Å². The lowest BCUT2D eigenvalue weighted by atomic mass is 9.53. The first-order chi connectivity index (χ1) is 13.2. The Morgan fingerprint density at radius 1 is 1.21 bits per heavy atom. The number of nitrogens with zero attached hydrogens (tertiary/aromatic N) is 2. The predicted molar refractivity (Wildman–Crippen MR) is 103 cm³/mol. The fourth-order valence-corrected chi connectivity index (χ4v) is 5.89. The maximum atomic E-state index is 13.3. The molecule has 0 aliphatic heterocycles. The lowest BCUT2D eigenvalue weighted by Crippen LogP contribution is -2.63. The third-order valence-corrected chi connectivity index (χ3v) is 6.70. The number of hydrogen-bond donors (Lipinski definition) is 1. The Balaban J connectivity index is 1.49. The topological polar surface area (TPSA) is 84.7 Å². The Hall–Kier alpha value is -2.05. The van der Waals surface area contributed by atoms with Crippen molar-refractivity contribution in [1.29, 1.82) is 0 Å². The molecule has 4 aliphatic rings. The summed E-state index contributed by atoms with van der Waals surface area (Å²) >= 11 is 0. The van der Waals surface area contributed by atoms with Crippen molar-refractivity contribution in [1.82, 2.24) is 15.2 Å². The van der Waals surface area contributed by atoms with E-state index >= 15 is 0 Å². The molecular weight excluding hydrogens is 358 g/mol. The van der Waals surface area contributed by atoms with Crippen LogP contribution in [-0.4, -0.2) is 40.1 Å². The zero-order valence-corrected chi connectivity index (χ0v) is 17.3. The van der Waals surface area contributed by atoms with Gasteiger partial charge in [0.25, 0.3) is 0 Å². The third-order valence-electron chi connectivity index (χ3n) is 6.70. The number of oxazole rings is 1. The quantitative estimate of drug-likeness (QED) is 0.793. The second-order valence-corrected chi connectivity index (χ2v) is 10.0. The smallest absolute Gasteiger partial charge is 0.360 e. The first-order valence-electron chi connectivity index (χ1n) is 10.3. The van der Waals surface area contributed by atoms with E-state index in [1.165, 1.54) is 32.6 Å². The van der Waals surface area contributed by atoms with E-state index in [1.807, 2.05) is 20.8 Å². The zero-order chi connectivity index (χ0) is 20.1. The van der Waals surface area contributed by atoms with Crippen molar-refractivity contribution in [3.05, 3.63) is 17.8 Å². The number of ether oxygens (including phenoxy) is 1. The van der Waals surface area contributed by atoms with Gasteiger partial charge in [-0.1, -0.05) is 0 Å². The molecule has 4 aliphatic carbocycles.